The van der Waals surface area contributed by atoms with Crippen LogP contribution in [0, 0.1) is 0 Å². The summed E-state index contributed by atoms with van der Waals surface area (Å²) in [6, 6.07) is 13.7. The van der Waals surface area contributed by atoms with Crippen molar-refractivity contribution >= 4 is 16.9 Å². The van der Waals surface area contributed by atoms with Gasteiger partial charge in [0.1, 0.15) is 0 Å². The van der Waals surface area contributed by atoms with E-state index in [1.54, 1.807) is 12.1 Å². The number of benzene rings is 2. The molecule has 1 amide bonds. The second-order valence-electron chi connectivity index (χ2n) is 6.37. The van der Waals surface area contributed by atoms with E-state index in [4.69, 9.17) is 0 Å². The molecular weight excluding hydrogens is 355 g/mol. The number of unbranched alkanes of at least 4 members (excludes halogenated alkanes) is 1. The Bertz CT molecular complexity index is 919. The zero-order chi connectivity index (χ0) is 19.4. The summed E-state index contributed by atoms with van der Waals surface area (Å²) >= 11 is 0. The molecule has 0 spiro atoms. The van der Waals surface area contributed by atoms with E-state index < -0.39 is 18.0 Å². The summed E-state index contributed by atoms with van der Waals surface area (Å²) in [5.41, 5.74) is 2.06. The third kappa shape index (κ3) is 4.48. The molecule has 0 bridgehead atoms. The molecule has 1 aromatic heterocycles. The van der Waals surface area contributed by atoms with E-state index in [1.807, 2.05) is 37.3 Å². The van der Waals surface area contributed by atoms with Gasteiger partial charge in [0.15, 0.2) is 0 Å². The highest BCUT2D eigenvalue weighted by atomic mass is 19.4. The van der Waals surface area contributed by atoms with Gasteiger partial charge in [-0.05, 0) is 29.7 Å². The fourth-order valence-corrected chi connectivity index (χ4v) is 2.92. The maximum absolute atomic E-state index is 12.9. The van der Waals surface area contributed by atoms with Crippen molar-refractivity contribution in [2.24, 2.45) is 0 Å². The molecule has 2 aromatic carbocycles. The number of carbonyl (C=O) groups excluding carboxylic acids is 1. The van der Waals surface area contributed by atoms with Gasteiger partial charge in [-0.3, -0.25) is 4.79 Å². The predicted molar refractivity (Wildman–Crippen MR) is 97.0 cm³/mol. The highest BCUT2D eigenvalue weighted by molar-refractivity contribution is 5.79. The minimum absolute atomic E-state index is 0.0913. The molecule has 1 atom stereocenters. The summed E-state index contributed by atoms with van der Waals surface area (Å²) in [5, 5.41) is 2.99. The van der Waals surface area contributed by atoms with Crippen LogP contribution in [-0.2, 0) is 11.0 Å². The molecule has 0 aliphatic carbocycles. The minimum atomic E-state index is -4.54. The van der Waals surface area contributed by atoms with Crippen molar-refractivity contribution in [2.75, 3.05) is 0 Å². The Balaban J connectivity index is 1.97. The van der Waals surface area contributed by atoms with E-state index in [2.05, 4.69) is 15.3 Å². The number of aromatic nitrogens is 2. The van der Waals surface area contributed by atoms with Gasteiger partial charge in [-0.25, -0.2) is 4.98 Å². The largest absolute Gasteiger partial charge is 0.449 e. The van der Waals surface area contributed by atoms with Crippen LogP contribution in [0.5, 0.6) is 0 Å². The molecule has 1 heterocycles. The van der Waals surface area contributed by atoms with Gasteiger partial charge < -0.3 is 10.3 Å². The summed E-state index contributed by atoms with van der Waals surface area (Å²) in [5.74, 6) is -1.12. The van der Waals surface area contributed by atoms with Crippen LogP contribution in [0.2, 0.25) is 0 Å². The number of rotatable bonds is 6. The molecule has 7 heteroatoms. The summed E-state index contributed by atoms with van der Waals surface area (Å²) in [4.78, 5) is 18.2. The highest BCUT2D eigenvalue weighted by Gasteiger charge is 2.34. The van der Waals surface area contributed by atoms with Crippen molar-refractivity contribution in [3.05, 3.63) is 65.5 Å². The van der Waals surface area contributed by atoms with Crippen molar-refractivity contribution in [2.45, 2.75) is 38.4 Å². The SMILES string of the molecule is CCCCC(=O)N[C@@H](c1ccccc1)c1ccc2nc(C(F)(F)F)[nH]c2c1. The Hall–Kier alpha value is -2.83. The topological polar surface area (TPSA) is 57.8 Å². The Morgan fingerprint density at radius 3 is 2.56 bits per heavy atom. The van der Waals surface area contributed by atoms with Crippen molar-refractivity contribution in [3.8, 4) is 0 Å². The molecule has 0 saturated heterocycles. The van der Waals surface area contributed by atoms with E-state index in [0.717, 1.165) is 18.4 Å². The lowest BCUT2D eigenvalue weighted by molar-refractivity contribution is -0.144. The molecule has 0 fully saturated rings. The van der Waals surface area contributed by atoms with Gasteiger partial charge in [0, 0.05) is 6.42 Å². The standard InChI is InChI=1S/C20H20F3N3O/c1-2-3-9-17(27)26-18(13-7-5-4-6-8-13)14-10-11-15-16(12-14)25-19(24-15)20(21,22)23/h4-8,10-12,18H,2-3,9H2,1H3,(H,24,25)(H,26,27)/t18-/m0/s1. The molecule has 4 nitrogen and oxygen atoms in total. The van der Waals surface area contributed by atoms with E-state index >= 15 is 0 Å². The Morgan fingerprint density at radius 2 is 1.89 bits per heavy atom. The number of amides is 1. The average Bonchev–Trinajstić information content (AvgIpc) is 3.09. The van der Waals surface area contributed by atoms with Crippen LogP contribution < -0.4 is 5.32 Å². The molecule has 3 rings (SSSR count). The Labute approximate surface area is 154 Å². The second kappa shape index (κ2) is 7.82. The zero-order valence-electron chi connectivity index (χ0n) is 14.8. The lowest BCUT2D eigenvalue weighted by Crippen LogP contribution is -2.29. The smallest absolute Gasteiger partial charge is 0.345 e. The van der Waals surface area contributed by atoms with Crippen molar-refractivity contribution in [1.82, 2.24) is 15.3 Å². The quantitative estimate of drug-likeness (QED) is 0.639. The molecule has 0 saturated carbocycles. The van der Waals surface area contributed by atoms with Gasteiger partial charge in [0.25, 0.3) is 0 Å². The van der Waals surface area contributed by atoms with Crippen molar-refractivity contribution in [1.29, 1.82) is 0 Å². The molecule has 0 aliphatic heterocycles. The van der Waals surface area contributed by atoms with Gasteiger partial charge in [-0.2, -0.15) is 13.2 Å². The van der Waals surface area contributed by atoms with Gasteiger partial charge in [0.2, 0.25) is 11.7 Å². The lowest BCUT2D eigenvalue weighted by atomic mass is 9.98. The Morgan fingerprint density at radius 1 is 1.15 bits per heavy atom. The molecule has 0 radical (unpaired) electrons. The van der Waals surface area contributed by atoms with Crippen LogP contribution in [0.1, 0.15) is 49.2 Å². The number of hydrogen-bond donors (Lipinski definition) is 2. The summed E-state index contributed by atoms with van der Waals surface area (Å²) < 4.78 is 38.7. The molecule has 0 unspecified atom stereocenters. The maximum atomic E-state index is 12.9. The predicted octanol–water partition coefficient (Wildman–Crippen LogP) is 4.98. The number of nitrogens with zero attached hydrogens (tertiary/aromatic N) is 1. The van der Waals surface area contributed by atoms with Gasteiger partial charge in [0.05, 0.1) is 17.1 Å². The van der Waals surface area contributed by atoms with Crippen LogP contribution >= 0.6 is 0 Å². The third-order valence-corrected chi connectivity index (χ3v) is 4.30. The van der Waals surface area contributed by atoms with Crippen LogP contribution in [0.4, 0.5) is 13.2 Å². The summed E-state index contributed by atoms with van der Waals surface area (Å²) in [7, 11) is 0. The first kappa shape index (κ1) is 18.9. The first-order valence-electron chi connectivity index (χ1n) is 8.79. The number of hydrogen-bond acceptors (Lipinski definition) is 2. The van der Waals surface area contributed by atoms with E-state index in [1.165, 1.54) is 6.07 Å². The average molecular weight is 375 g/mol. The van der Waals surface area contributed by atoms with Crippen molar-refractivity contribution in [3.63, 3.8) is 0 Å². The highest BCUT2D eigenvalue weighted by Crippen LogP contribution is 2.30. The van der Waals surface area contributed by atoms with Gasteiger partial charge in [-0.1, -0.05) is 49.7 Å². The molecule has 142 valence electrons. The second-order valence-corrected chi connectivity index (χ2v) is 6.37. The summed E-state index contributed by atoms with van der Waals surface area (Å²) in [6.07, 6.45) is -2.44. The van der Waals surface area contributed by atoms with E-state index in [9.17, 15) is 18.0 Å². The van der Waals surface area contributed by atoms with Crippen LogP contribution in [0.25, 0.3) is 11.0 Å². The minimum Gasteiger partial charge on any atom is -0.345 e. The van der Waals surface area contributed by atoms with Crippen LogP contribution in [-0.4, -0.2) is 15.9 Å². The zero-order valence-corrected chi connectivity index (χ0v) is 14.8. The Kier molecular flexibility index (Phi) is 5.48. The lowest BCUT2D eigenvalue weighted by Gasteiger charge is -2.20. The number of nitrogens with one attached hydrogen (secondary N) is 2. The van der Waals surface area contributed by atoms with Crippen molar-refractivity contribution < 1.29 is 18.0 Å². The fraction of sp³-hybridized carbons (Fsp3) is 0.300. The monoisotopic (exact) mass is 375 g/mol. The first-order chi connectivity index (χ1) is 12.9. The van der Waals surface area contributed by atoms with Crippen LogP contribution in [0.15, 0.2) is 48.5 Å². The van der Waals surface area contributed by atoms with Gasteiger partial charge in [-0.15, -0.1) is 0 Å². The number of fused-ring (bicyclic) bond motifs is 1. The summed E-state index contributed by atoms with van der Waals surface area (Å²) in [6.45, 7) is 2.01. The third-order valence-electron chi connectivity index (χ3n) is 4.30. The normalized spacial score (nSPS) is 12.9. The van der Waals surface area contributed by atoms with Crippen LogP contribution in [0.3, 0.4) is 0 Å². The number of carbonyl (C=O) groups is 1. The molecule has 3 aromatic rings. The van der Waals surface area contributed by atoms with Gasteiger partial charge >= 0.3 is 6.18 Å². The molecular formula is C20H20F3N3O. The first-order valence-corrected chi connectivity index (χ1v) is 8.79. The molecule has 2 N–H and O–H groups in total. The number of alkyl halides is 3. The van der Waals surface area contributed by atoms with E-state index in [0.29, 0.717) is 12.0 Å². The number of H-pyrrole nitrogens is 1. The number of halogens is 3. The molecule has 0 aliphatic rings. The number of imidazole rings is 1. The van der Waals surface area contributed by atoms with E-state index in [-0.39, 0.29) is 16.9 Å². The fourth-order valence-electron chi connectivity index (χ4n) is 2.92. The maximum Gasteiger partial charge on any atom is 0.449 e. The number of aromatic amines is 1. The molecule has 27 heavy (non-hydrogen) atoms.